The van der Waals surface area contributed by atoms with Gasteiger partial charge in [0.15, 0.2) is 0 Å². The zero-order valence-electron chi connectivity index (χ0n) is 67.3. The number of carboxylic acid groups (broad SMARTS) is 1. The number of nitrogens with two attached hydrogens (primary N) is 1. The molecule has 0 aliphatic carbocycles. The molecule has 8 N–H and O–H groups in total. The number of imide groups is 4. The molecule has 32 heteroatoms. The first-order valence-corrected chi connectivity index (χ1v) is 38.4. The van der Waals surface area contributed by atoms with Gasteiger partial charge in [0.25, 0.3) is 34.7 Å². The number of piperidine rings is 2. The number of unbranched alkanes of at least 4 members (excludes halogenated alkanes) is 11. The average Bonchev–Trinajstić information content (AvgIpc) is 1.59. The maximum Gasteiger partial charge on any atom is 0.317 e. The number of ether oxygens (including phenoxy) is 4. The van der Waals surface area contributed by atoms with E-state index >= 15 is 0 Å². The molecule has 5 aliphatic rings. The number of methoxy groups -OCH3 is 4. The zero-order valence-corrected chi connectivity index (χ0v) is 66.3. The lowest BCUT2D eigenvalue weighted by molar-refractivity contribution is -0.138. The van der Waals surface area contributed by atoms with E-state index in [4.69, 9.17) is 31.2 Å². The second-order valence-corrected chi connectivity index (χ2v) is 28.8. The molecule has 0 saturated carbocycles. The number of anilines is 2. The topological polar surface area (TPSA) is 400 Å². The number of fused-ring (bicyclic) bond motifs is 4. The summed E-state index contributed by atoms with van der Waals surface area (Å²) >= 11 is 0. The van der Waals surface area contributed by atoms with Gasteiger partial charge in [0, 0.05) is 117 Å². The molecule has 8 heterocycles. The Kier molecular flexibility index (Phi) is 30.8. The Bertz CT molecular complexity index is 4910. The van der Waals surface area contributed by atoms with E-state index in [-0.39, 0.29) is 66.2 Å². The van der Waals surface area contributed by atoms with E-state index in [2.05, 4.69) is 36.5 Å². The minimum atomic E-state index is -1.00. The van der Waals surface area contributed by atoms with Crippen LogP contribution in [-0.4, -0.2) is 204 Å². The summed E-state index contributed by atoms with van der Waals surface area (Å²) in [5.41, 5.74) is 14.4. The number of alkyl halides is 1. The molecule has 5 aliphatic heterocycles. The van der Waals surface area contributed by atoms with Crippen molar-refractivity contribution in [3.8, 4) is 45.3 Å². The molecule has 4 aromatic carbocycles. The molecule has 2 atom stereocenters. The number of aromatic nitrogens is 4. The Balaban J connectivity index is 0.000000215. The molecule has 0 bridgehead atoms. The number of carbonyl (C=O) groups is 10. The monoisotopic (exact) mass is 1590 g/mol. The third-order valence-corrected chi connectivity index (χ3v) is 20.6. The number of pyridine rings is 2. The predicted octanol–water partition coefficient (Wildman–Crippen LogP) is 8.48. The number of carboxylic acids is 1. The standard InChI is InChI=1S/C41H49N7O8.C21H28N4O4.C20H23N3O5.CH3F/c1-46(23-30-33(55-3)19-25(20-34(30)56-4)29-24-47(2)41(54)37-28(29)21-43-45-37)22-26(49)13-10-8-6-5-7-9-11-18-42-31-15-12-14-27-36(31)40(53)48(39(27)52)32-16-17-35(50)44-38(32)51;22-12-5-3-1-2-4-6-13-23-15-9-7-8-14-18(15)21(29)25(20(14)28)16-10-11-17(26)24-19(16)27;1-22(11-19(24)25)9-16-17(27-3)5-12(6-18(16)28-4)15-10-23(2)20(26)14-8-21-7-13(14)15;1-2/h12,14-15,19-21,24,32,42H,5-11,13,16-18,22-23H2,1-4H3,(H,43,45)(H,44,50,51);7-9,16,23H,1-6,10-13,22H2,(H,24,26,27);5-7,10H,8-9,11H2,1-4H3,(H,24,25);1H3/i;;;1D. The molecule has 0 spiro atoms. The lowest BCUT2D eigenvalue weighted by Gasteiger charge is -2.27. The fourth-order valence-electron chi connectivity index (χ4n) is 14.9. The fraction of sp³-hybridized carbons (Fsp3) is 0.446. The number of halogens is 1. The van der Waals surface area contributed by atoms with Crippen molar-refractivity contribution in [3.63, 3.8) is 0 Å². The molecule has 614 valence electrons. The van der Waals surface area contributed by atoms with Crippen LogP contribution in [-0.2, 0) is 62.5 Å². The molecule has 2 fully saturated rings. The van der Waals surface area contributed by atoms with Crippen LogP contribution in [0, 0.1) is 0 Å². The summed E-state index contributed by atoms with van der Waals surface area (Å²) in [5.74, 6) is -2.33. The number of hydrogen-bond acceptors (Lipinski definition) is 23. The van der Waals surface area contributed by atoms with Crippen LogP contribution in [0.2, 0.25) is 0 Å². The first-order chi connectivity index (χ1) is 55.8. The Morgan fingerprint density at radius 2 is 1.03 bits per heavy atom. The number of aryl methyl sites for hydroxylation is 2. The van der Waals surface area contributed by atoms with Crippen LogP contribution in [0.25, 0.3) is 33.2 Å². The molecule has 2 saturated heterocycles. The Labute approximate surface area is 666 Å². The molecule has 12 rings (SSSR count). The first-order valence-electron chi connectivity index (χ1n) is 39.1. The number of nitrogens with one attached hydrogen (secondary N) is 5. The van der Waals surface area contributed by atoms with Gasteiger partial charge in [-0.25, -0.2) is 0 Å². The van der Waals surface area contributed by atoms with Crippen LogP contribution >= 0.6 is 0 Å². The van der Waals surface area contributed by atoms with Gasteiger partial charge in [-0.15, -0.1) is 0 Å². The van der Waals surface area contributed by atoms with Crippen molar-refractivity contribution in [2.45, 2.75) is 147 Å². The number of benzene rings is 4. The number of aliphatic carboxylic acids is 1. The second kappa shape index (κ2) is 41.3. The molecule has 2 unspecified atom stereocenters. The summed E-state index contributed by atoms with van der Waals surface area (Å²) in [6, 6.07) is 15.8. The van der Waals surface area contributed by atoms with Gasteiger partial charge in [-0.2, -0.15) is 5.10 Å². The zero-order chi connectivity index (χ0) is 83.9. The van der Waals surface area contributed by atoms with Gasteiger partial charge in [-0.3, -0.25) is 102 Å². The highest BCUT2D eigenvalue weighted by molar-refractivity contribution is 6.26. The molecule has 8 amide bonds. The van der Waals surface area contributed by atoms with Crippen molar-refractivity contribution in [3.05, 3.63) is 144 Å². The van der Waals surface area contributed by atoms with E-state index in [1.807, 2.05) is 36.2 Å². The average molecular weight is 1590 g/mol. The van der Waals surface area contributed by atoms with Crippen LogP contribution in [0.1, 0.15) is 181 Å². The Hall–Kier alpha value is -11.8. The Morgan fingerprint density at radius 1 is 0.600 bits per heavy atom. The maximum atomic E-state index is 13.3. The van der Waals surface area contributed by atoms with Crippen molar-refractivity contribution in [1.29, 1.82) is 0 Å². The van der Waals surface area contributed by atoms with Gasteiger partial charge in [0.1, 0.15) is 46.4 Å². The lowest BCUT2D eigenvalue weighted by atomic mass is 9.97. The summed E-state index contributed by atoms with van der Waals surface area (Å²) in [5, 5.41) is 27.6. The van der Waals surface area contributed by atoms with E-state index in [9.17, 15) is 61.9 Å². The Morgan fingerprint density at radius 3 is 1.50 bits per heavy atom. The molecule has 3 aromatic heterocycles. The van der Waals surface area contributed by atoms with E-state index in [0.717, 1.165) is 132 Å². The SMILES string of the molecule is COc1cc(-c2cn(C)c(=O)c3[nH]ncc23)cc(OC)c1CN(C)CC(=O)CCCCCCCCCNc1cccc2c1C(=O)N(C1CCC(=O)NC1=O)C2=O.COc1cc(-c2cn(C)c(=O)c3c2C=NC3)cc(OC)c1CN(C)CC(=O)O.NCCCCCCCCNc1cccc2c1C(=O)N(C1CCC(=O)NC1=O)C2=O.[2H]CF. The van der Waals surface area contributed by atoms with Crippen molar-refractivity contribution in [1.82, 2.24) is 49.6 Å². The number of nitrogens with zero attached hydrogens (tertiary/aromatic N) is 8. The van der Waals surface area contributed by atoms with Gasteiger partial charge in [-0.05, 0) is 119 Å². The number of amides is 8. The van der Waals surface area contributed by atoms with E-state index in [0.29, 0.717) is 108 Å². The number of rotatable bonds is 36. The quantitative estimate of drug-likeness (QED) is 0.0143. The van der Waals surface area contributed by atoms with Gasteiger partial charge >= 0.3 is 5.97 Å². The fourth-order valence-corrected chi connectivity index (χ4v) is 14.9. The van der Waals surface area contributed by atoms with Crippen LogP contribution in [0.3, 0.4) is 0 Å². The van der Waals surface area contributed by atoms with Crippen molar-refractivity contribution >= 4 is 87.5 Å². The summed E-state index contributed by atoms with van der Waals surface area (Å²) in [4.78, 5) is 158. The summed E-state index contributed by atoms with van der Waals surface area (Å²) in [6.07, 6.45) is 21.3. The summed E-state index contributed by atoms with van der Waals surface area (Å²) < 4.78 is 41.3. The number of aliphatic imine (C=N–C) groups is 1. The number of aromatic amines is 1. The first kappa shape index (κ1) is 85.7. The van der Waals surface area contributed by atoms with Crippen molar-refractivity contribution in [2.75, 3.05) is 93.0 Å². The smallest absolute Gasteiger partial charge is 0.317 e. The third-order valence-electron chi connectivity index (χ3n) is 20.6. The number of hydrogen-bond donors (Lipinski definition) is 7. The number of carbonyl (C=O) groups excluding carboxylic acids is 9. The number of ketones is 1. The molecule has 115 heavy (non-hydrogen) atoms. The number of Topliss-reactive ketones (excluding diaryl/α,β-unsaturated/α-hetero) is 1. The van der Waals surface area contributed by atoms with Crippen LogP contribution in [0.4, 0.5) is 15.8 Å². The maximum absolute atomic E-state index is 13.3. The molecule has 0 radical (unpaired) electrons. The normalized spacial score (nSPS) is 15.4. The number of likely N-dealkylation sites (N-methyl/N-ethyl adjacent to an activating group) is 2. The highest BCUT2D eigenvalue weighted by Crippen LogP contribution is 2.41. The molecular weight excluding hydrogens is 1480 g/mol. The van der Waals surface area contributed by atoms with E-state index in [1.165, 1.54) is 11.0 Å². The van der Waals surface area contributed by atoms with E-state index < -0.39 is 66.6 Å². The lowest BCUT2D eigenvalue weighted by Crippen LogP contribution is -2.54. The van der Waals surface area contributed by atoms with Gasteiger partial charge in [-0.1, -0.05) is 69.9 Å². The van der Waals surface area contributed by atoms with E-state index in [1.54, 1.807) is 120 Å². The summed E-state index contributed by atoms with van der Waals surface area (Å²) in [7, 11) is 12.4. The minimum Gasteiger partial charge on any atom is -0.496 e. The molecule has 7 aromatic rings. The summed E-state index contributed by atoms with van der Waals surface area (Å²) in [6.45, 7) is 3.45. The van der Waals surface area contributed by atoms with Gasteiger partial charge in [0.05, 0.1) is 96.2 Å². The van der Waals surface area contributed by atoms with Crippen LogP contribution < -0.4 is 57.1 Å². The molecule has 31 nitrogen and oxygen atoms in total. The van der Waals surface area contributed by atoms with Gasteiger partial charge < -0.3 is 49.6 Å². The van der Waals surface area contributed by atoms with Crippen LogP contribution in [0.15, 0.2) is 93.8 Å². The minimum absolute atomic E-state index is 0.0536. The number of H-pyrrole nitrogens is 1. The largest absolute Gasteiger partial charge is 0.496 e. The predicted molar refractivity (Wildman–Crippen MR) is 431 cm³/mol. The highest BCUT2D eigenvalue weighted by Gasteiger charge is 2.47. The van der Waals surface area contributed by atoms with Crippen molar-refractivity contribution < 1.29 is 77.8 Å². The second-order valence-electron chi connectivity index (χ2n) is 28.8. The van der Waals surface area contributed by atoms with Crippen molar-refractivity contribution in [2.24, 2.45) is 24.8 Å². The van der Waals surface area contributed by atoms with Crippen LogP contribution in [0.5, 0.6) is 23.0 Å². The third kappa shape index (κ3) is 21.0. The highest BCUT2D eigenvalue weighted by atomic mass is 19.1. The molecular formula is C83H103FN14O17. The van der Waals surface area contributed by atoms with Gasteiger partial charge in [0.2, 0.25) is 23.6 Å².